The Kier molecular flexibility index (Phi) is 4.00. The number of esters is 1. The topological polar surface area (TPSA) is 44.8 Å². The minimum Gasteiger partial charge on any atom is -0.485 e. The molecule has 3 rings (SSSR count). The molecule has 1 unspecified atom stereocenters. The van der Waals surface area contributed by atoms with Crippen molar-refractivity contribution in [1.82, 2.24) is 0 Å². The van der Waals surface area contributed by atoms with E-state index in [1.807, 2.05) is 0 Å². The van der Waals surface area contributed by atoms with E-state index in [1.165, 1.54) is 6.07 Å². The zero-order chi connectivity index (χ0) is 17.4. The number of hydrogen-bond donors (Lipinski definition) is 0. The lowest BCUT2D eigenvalue weighted by Crippen LogP contribution is -2.39. The van der Waals surface area contributed by atoms with Crippen molar-refractivity contribution in [3.05, 3.63) is 53.4 Å². The molecule has 0 amide bonds. The van der Waals surface area contributed by atoms with E-state index in [9.17, 15) is 26.7 Å². The summed E-state index contributed by atoms with van der Waals surface area (Å²) >= 11 is 0. The van der Waals surface area contributed by atoms with Crippen molar-refractivity contribution >= 4 is 5.97 Å². The molecule has 0 N–H and O–H groups in total. The number of rotatable bonds is 2. The van der Waals surface area contributed by atoms with E-state index < -0.39 is 46.9 Å². The van der Waals surface area contributed by atoms with Gasteiger partial charge in [-0.2, -0.15) is 8.78 Å². The van der Waals surface area contributed by atoms with Gasteiger partial charge < -0.3 is 14.2 Å². The van der Waals surface area contributed by atoms with Crippen LogP contribution in [0.4, 0.5) is 22.0 Å². The number of ether oxygens (including phenoxy) is 3. The molecule has 1 aliphatic rings. The molecule has 0 fully saturated rings. The van der Waals surface area contributed by atoms with E-state index in [4.69, 9.17) is 9.47 Å². The zero-order valence-electron chi connectivity index (χ0n) is 11.6. The van der Waals surface area contributed by atoms with Crippen LogP contribution in [-0.2, 0) is 4.79 Å². The summed E-state index contributed by atoms with van der Waals surface area (Å²) in [4.78, 5) is 11.9. The highest BCUT2D eigenvalue weighted by Gasteiger charge is 2.33. The number of halogens is 5. The van der Waals surface area contributed by atoms with Gasteiger partial charge in [0.25, 0.3) is 0 Å². The molecule has 2 aromatic carbocycles. The first-order valence-corrected chi connectivity index (χ1v) is 6.51. The lowest BCUT2D eigenvalue weighted by Gasteiger charge is -2.24. The molecule has 1 aliphatic heterocycles. The van der Waals surface area contributed by atoms with Crippen LogP contribution in [0.15, 0.2) is 24.3 Å². The van der Waals surface area contributed by atoms with Gasteiger partial charge >= 0.3 is 5.97 Å². The van der Waals surface area contributed by atoms with Crippen LogP contribution >= 0.6 is 0 Å². The molecule has 126 valence electrons. The number of carbonyl (C=O) groups excluding carboxylic acids is 1. The monoisotopic (exact) mass is 346 g/mol. The first-order valence-electron chi connectivity index (χ1n) is 6.51. The maximum atomic E-state index is 13.5. The average molecular weight is 346 g/mol. The maximum absolute atomic E-state index is 13.5. The Morgan fingerprint density at radius 2 is 1.46 bits per heavy atom. The summed E-state index contributed by atoms with van der Waals surface area (Å²) < 4.78 is 80.8. The summed E-state index contributed by atoms with van der Waals surface area (Å²) in [5, 5.41) is 0. The first-order chi connectivity index (χ1) is 11.4. The fraction of sp³-hybridized carbons (Fsp3) is 0.133. The van der Waals surface area contributed by atoms with Gasteiger partial charge in [-0.1, -0.05) is 12.1 Å². The van der Waals surface area contributed by atoms with Crippen molar-refractivity contribution < 1.29 is 41.0 Å². The highest BCUT2D eigenvalue weighted by molar-refractivity contribution is 5.78. The Balaban J connectivity index is 1.84. The van der Waals surface area contributed by atoms with Crippen LogP contribution in [0.5, 0.6) is 17.2 Å². The summed E-state index contributed by atoms with van der Waals surface area (Å²) in [5.74, 6) is -13.9. The van der Waals surface area contributed by atoms with Crippen LogP contribution in [0.2, 0.25) is 0 Å². The van der Waals surface area contributed by atoms with Crippen LogP contribution in [0.25, 0.3) is 0 Å². The van der Waals surface area contributed by atoms with Gasteiger partial charge in [-0.25, -0.2) is 18.0 Å². The third-order valence-electron chi connectivity index (χ3n) is 3.14. The number of hydrogen-bond acceptors (Lipinski definition) is 4. The van der Waals surface area contributed by atoms with Crippen molar-refractivity contribution in [1.29, 1.82) is 0 Å². The molecule has 0 saturated carbocycles. The van der Waals surface area contributed by atoms with Crippen molar-refractivity contribution in [2.75, 3.05) is 6.61 Å². The van der Waals surface area contributed by atoms with Crippen molar-refractivity contribution in [3.8, 4) is 17.2 Å². The molecule has 2 aromatic rings. The molecular formula is C15H7F5O4. The Morgan fingerprint density at radius 1 is 0.917 bits per heavy atom. The summed E-state index contributed by atoms with van der Waals surface area (Å²) in [5.41, 5.74) is 0. The highest BCUT2D eigenvalue weighted by atomic mass is 19.2. The third kappa shape index (κ3) is 2.61. The molecule has 0 radical (unpaired) electrons. The second-order valence-electron chi connectivity index (χ2n) is 4.68. The SMILES string of the molecule is O=C(Oc1c(F)c(F)c(F)c(F)c1F)C1COc2ccccc2O1. The van der Waals surface area contributed by atoms with Gasteiger partial charge in [0.15, 0.2) is 11.5 Å². The van der Waals surface area contributed by atoms with Crippen LogP contribution in [-0.4, -0.2) is 18.7 Å². The quantitative estimate of drug-likeness (QED) is 0.276. The van der Waals surface area contributed by atoms with Gasteiger partial charge in [0.2, 0.25) is 40.9 Å². The molecule has 0 aromatic heterocycles. The summed E-state index contributed by atoms with van der Waals surface area (Å²) in [7, 11) is 0. The second kappa shape index (κ2) is 5.99. The minimum atomic E-state index is -2.35. The highest BCUT2D eigenvalue weighted by Crippen LogP contribution is 2.33. The largest absolute Gasteiger partial charge is 0.485 e. The molecule has 1 heterocycles. The average Bonchev–Trinajstić information content (AvgIpc) is 2.61. The Hall–Kier alpha value is -2.84. The van der Waals surface area contributed by atoms with E-state index >= 15 is 0 Å². The molecule has 0 saturated heterocycles. The van der Waals surface area contributed by atoms with E-state index in [-0.39, 0.29) is 12.4 Å². The molecular weight excluding hydrogens is 339 g/mol. The molecule has 4 nitrogen and oxygen atoms in total. The molecule has 0 bridgehead atoms. The van der Waals surface area contributed by atoms with Gasteiger partial charge in [-0.15, -0.1) is 0 Å². The van der Waals surface area contributed by atoms with Crippen molar-refractivity contribution in [3.63, 3.8) is 0 Å². The normalized spacial score (nSPS) is 16.0. The molecule has 1 atom stereocenters. The number of carbonyl (C=O) groups is 1. The predicted octanol–water partition coefficient (Wildman–Crippen LogP) is 3.13. The predicted molar refractivity (Wildman–Crippen MR) is 68.2 cm³/mol. The second-order valence-corrected chi connectivity index (χ2v) is 4.68. The maximum Gasteiger partial charge on any atom is 0.356 e. The third-order valence-corrected chi connectivity index (χ3v) is 3.14. The fourth-order valence-electron chi connectivity index (χ4n) is 1.98. The molecule has 0 aliphatic carbocycles. The zero-order valence-corrected chi connectivity index (χ0v) is 11.6. The van der Waals surface area contributed by atoms with Gasteiger partial charge in [-0.3, -0.25) is 0 Å². The lowest BCUT2D eigenvalue weighted by atomic mass is 10.2. The molecule has 9 heteroatoms. The summed E-state index contributed by atoms with van der Waals surface area (Å²) in [6, 6.07) is 6.25. The number of para-hydroxylation sites is 2. The van der Waals surface area contributed by atoms with E-state index in [2.05, 4.69) is 4.74 Å². The van der Waals surface area contributed by atoms with Crippen LogP contribution < -0.4 is 14.2 Å². The van der Waals surface area contributed by atoms with Crippen LogP contribution in [0.1, 0.15) is 0 Å². The fourth-order valence-corrected chi connectivity index (χ4v) is 1.98. The van der Waals surface area contributed by atoms with Crippen LogP contribution in [0, 0.1) is 29.1 Å². The van der Waals surface area contributed by atoms with Crippen molar-refractivity contribution in [2.24, 2.45) is 0 Å². The van der Waals surface area contributed by atoms with Gasteiger partial charge in [0.1, 0.15) is 6.61 Å². The minimum absolute atomic E-state index is 0.170. The smallest absolute Gasteiger partial charge is 0.356 e. The van der Waals surface area contributed by atoms with Gasteiger partial charge in [0, 0.05) is 0 Å². The summed E-state index contributed by atoms with van der Waals surface area (Å²) in [6.07, 6.45) is -1.44. The first kappa shape index (κ1) is 16.0. The van der Waals surface area contributed by atoms with E-state index in [0.717, 1.165) is 0 Å². The Bertz CT molecular complexity index is 795. The molecule has 24 heavy (non-hydrogen) atoms. The van der Waals surface area contributed by atoms with Crippen LogP contribution in [0.3, 0.4) is 0 Å². The number of benzene rings is 2. The summed E-state index contributed by atoms with van der Waals surface area (Å²) in [6.45, 7) is -0.356. The van der Waals surface area contributed by atoms with Gasteiger partial charge in [0.05, 0.1) is 0 Å². The van der Waals surface area contributed by atoms with Gasteiger partial charge in [-0.05, 0) is 12.1 Å². The number of fused-ring (bicyclic) bond motifs is 1. The van der Waals surface area contributed by atoms with Crippen molar-refractivity contribution in [2.45, 2.75) is 6.10 Å². The Morgan fingerprint density at radius 3 is 2.08 bits per heavy atom. The lowest BCUT2D eigenvalue weighted by molar-refractivity contribution is -0.145. The Labute approximate surface area is 131 Å². The molecule has 0 spiro atoms. The standard InChI is InChI=1S/C15H7F5O4/c16-9-10(17)12(19)14(13(20)11(9)18)24-15(21)8-5-22-6-3-1-2-4-7(6)23-8/h1-4,8H,5H2. The van der Waals surface area contributed by atoms with E-state index in [0.29, 0.717) is 5.75 Å². The van der Waals surface area contributed by atoms with E-state index in [1.54, 1.807) is 18.2 Å².